The van der Waals surface area contributed by atoms with Crippen LogP contribution in [0, 0.1) is 0 Å². The lowest BCUT2D eigenvalue weighted by Crippen LogP contribution is -1.93. The van der Waals surface area contributed by atoms with Crippen molar-refractivity contribution in [2.45, 2.75) is 27.2 Å². The highest BCUT2D eigenvalue weighted by molar-refractivity contribution is 7.84. The number of carbonyl (C=O) groups excluding carboxylic acids is 1. The van der Waals surface area contributed by atoms with Crippen LogP contribution in [0.2, 0.25) is 0 Å². The van der Waals surface area contributed by atoms with E-state index in [-0.39, 0.29) is 5.78 Å². The molecule has 0 aliphatic rings. The van der Waals surface area contributed by atoms with Gasteiger partial charge in [0.15, 0.2) is 5.78 Å². The second-order valence-corrected chi connectivity index (χ2v) is 4.42. The molecule has 0 aliphatic heterocycles. The van der Waals surface area contributed by atoms with Gasteiger partial charge in [0.05, 0.1) is 0 Å². The summed E-state index contributed by atoms with van der Waals surface area (Å²) in [6.45, 7) is 5.67. The highest BCUT2D eigenvalue weighted by atomic mass is 32.1. The van der Waals surface area contributed by atoms with Crippen molar-refractivity contribution in [1.29, 1.82) is 0 Å². The summed E-state index contributed by atoms with van der Waals surface area (Å²) < 4.78 is 0. The van der Waals surface area contributed by atoms with E-state index in [1.54, 1.807) is 6.92 Å². The molecule has 2 heteroatoms. The molecule has 1 nitrogen and oxygen atoms in total. The van der Waals surface area contributed by atoms with Crippen molar-refractivity contribution in [1.82, 2.24) is 0 Å². The maximum atomic E-state index is 11.1. The minimum absolute atomic E-state index is 0.106. The summed E-state index contributed by atoms with van der Waals surface area (Å²) in [5.74, 6) is 0.106. The molecule has 0 atom stereocenters. The number of Topliss-reactive ketones (excluding diaryl/α,β-unsaturated/α-hetero) is 1. The van der Waals surface area contributed by atoms with Crippen molar-refractivity contribution < 1.29 is 4.79 Å². The van der Waals surface area contributed by atoms with Crippen LogP contribution in [0.5, 0.6) is 0 Å². The Kier molecular flexibility index (Phi) is 4.15. The topological polar surface area (TPSA) is 17.1 Å². The molecule has 0 bridgehead atoms. The lowest BCUT2D eigenvalue weighted by atomic mass is 10.1. The van der Waals surface area contributed by atoms with E-state index in [0.717, 1.165) is 16.9 Å². The molecular weight excluding hydrogens is 204 g/mol. The molecule has 1 rings (SSSR count). The van der Waals surface area contributed by atoms with E-state index in [2.05, 4.69) is 12.6 Å². The van der Waals surface area contributed by atoms with Gasteiger partial charge in [-0.25, -0.2) is 0 Å². The standard InChI is InChI=1S/C13H16OS/c1-9(2)13(15)8-11-4-6-12(7-5-11)10(3)14/h4-7,15H,8H2,1-3H3. The first kappa shape index (κ1) is 12.1. The predicted octanol–water partition coefficient (Wildman–Crippen LogP) is 3.66. The number of thiol groups is 1. The molecule has 0 N–H and O–H groups in total. The Labute approximate surface area is 96.6 Å². The first-order valence-corrected chi connectivity index (χ1v) is 5.40. The van der Waals surface area contributed by atoms with Crippen LogP contribution in [0.25, 0.3) is 0 Å². The molecule has 15 heavy (non-hydrogen) atoms. The van der Waals surface area contributed by atoms with E-state index in [1.807, 2.05) is 38.1 Å². The SMILES string of the molecule is CC(=O)c1ccc(CC(S)=C(C)C)cc1. The summed E-state index contributed by atoms with van der Waals surface area (Å²) >= 11 is 4.42. The van der Waals surface area contributed by atoms with Crippen LogP contribution >= 0.6 is 12.6 Å². The van der Waals surface area contributed by atoms with Gasteiger partial charge in [-0.2, -0.15) is 0 Å². The minimum atomic E-state index is 0.106. The zero-order chi connectivity index (χ0) is 11.4. The summed E-state index contributed by atoms with van der Waals surface area (Å²) in [5, 5.41) is 0. The van der Waals surface area contributed by atoms with Crippen molar-refractivity contribution in [2.75, 3.05) is 0 Å². The highest BCUT2D eigenvalue weighted by Crippen LogP contribution is 2.15. The van der Waals surface area contributed by atoms with Crippen molar-refractivity contribution in [3.8, 4) is 0 Å². The first-order valence-electron chi connectivity index (χ1n) is 4.96. The fourth-order valence-electron chi connectivity index (χ4n) is 1.23. The Balaban J connectivity index is 2.82. The van der Waals surface area contributed by atoms with Gasteiger partial charge in [0.1, 0.15) is 0 Å². The van der Waals surface area contributed by atoms with Crippen LogP contribution in [-0.2, 0) is 6.42 Å². The summed E-state index contributed by atoms with van der Waals surface area (Å²) in [6.07, 6.45) is 0.837. The molecule has 0 saturated carbocycles. The summed E-state index contributed by atoms with van der Waals surface area (Å²) in [4.78, 5) is 12.2. The smallest absolute Gasteiger partial charge is 0.159 e. The summed E-state index contributed by atoms with van der Waals surface area (Å²) in [7, 11) is 0. The molecule has 0 amide bonds. The molecule has 0 aliphatic carbocycles. The third-order valence-corrected chi connectivity index (χ3v) is 2.91. The highest BCUT2D eigenvalue weighted by Gasteiger charge is 2.00. The third kappa shape index (κ3) is 3.56. The molecule has 0 spiro atoms. The Morgan fingerprint density at radius 3 is 2.07 bits per heavy atom. The van der Waals surface area contributed by atoms with Gasteiger partial charge in [-0.05, 0) is 31.2 Å². The van der Waals surface area contributed by atoms with Crippen molar-refractivity contribution in [3.63, 3.8) is 0 Å². The van der Waals surface area contributed by atoms with Crippen LogP contribution < -0.4 is 0 Å². The van der Waals surface area contributed by atoms with Crippen molar-refractivity contribution >= 4 is 18.4 Å². The maximum absolute atomic E-state index is 11.1. The number of carbonyl (C=O) groups is 1. The molecule has 0 unspecified atom stereocenters. The fourth-order valence-corrected chi connectivity index (χ4v) is 1.41. The first-order chi connectivity index (χ1) is 7.00. The quantitative estimate of drug-likeness (QED) is 0.607. The normalized spacial score (nSPS) is 9.87. The van der Waals surface area contributed by atoms with Gasteiger partial charge in [-0.1, -0.05) is 29.8 Å². The molecular formula is C13H16OS. The molecule has 0 radical (unpaired) electrons. The van der Waals surface area contributed by atoms with Crippen LogP contribution in [-0.4, -0.2) is 5.78 Å². The van der Waals surface area contributed by atoms with E-state index < -0.39 is 0 Å². The average molecular weight is 220 g/mol. The maximum Gasteiger partial charge on any atom is 0.159 e. The van der Waals surface area contributed by atoms with Gasteiger partial charge in [-0.3, -0.25) is 4.79 Å². The van der Waals surface area contributed by atoms with Gasteiger partial charge < -0.3 is 0 Å². The van der Waals surface area contributed by atoms with Gasteiger partial charge >= 0.3 is 0 Å². The lowest BCUT2D eigenvalue weighted by Gasteiger charge is -2.04. The number of hydrogen-bond donors (Lipinski definition) is 1. The van der Waals surface area contributed by atoms with Crippen molar-refractivity contribution in [3.05, 3.63) is 45.9 Å². The number of ketones is 1. The zero-order valence-corrected chi connectivity index (χ0v) is 10.3. The number of hydrogen-bond acceptors (Lipinski definition) is 2. The van der Waals surface area contributed by atoms with Gasteiger partial charge in [0.2, 0.25) is 0 Å². The largest absolute Gasteiger partial charge is 0.295 e. The minimum Gasteiger partial charge on any atom is -0.295 e. The summed E-state index contributed by atoms with van der Waals surface area (Å²) in [5.41, 5.74) is 3.18. The van der Waals surface area contributed by atoms with E-state index in [9.17, 15) is 4.79 Å². The van der Waals surface area contributed by atoms with Crippen LogP contribution in [0.4, 0.5) is 0 Å². The van der Waals surface area contributed by atoms with Crippen LogP contribution in [0.3, 0.4) is 0 Å². The van der Waals surface area contributed by atoms with Gasteiger partial charge in [0.25, 0.3) is 0 Å². The fraction of sp³-hybridized carbons (Fsp3) is 0.308. The van der Waals surface area contributed by atoms with Crippen LogP contribution in [0.1, 0.15) is 36.7 Å². The zero-order valence-electron chi connectivity index (χ0n) is 9.37. The Morgan fingerprint density at radius 2 is 1.67 bits per heavy atom. The second-order valence-electron chi connectivity index (χ2n) is 3.88. The molecule has 0 aromatic heterocycles. The molecule has 1 aromatic carbocycles. The Hall–Kier alpha value is -1.02. The Morgan fingerprint density at radius 1 is 1.13 bits per heavy atom. The number of benzene rings is 1. The van der Waals surface area contributed by atoms with E-state index in [1.165, 1.54) is 11.1 Å². The van der Waals surface area contributed by atoms with Gasteiger partial charge in [0, 0.05) is 12.0 Å². The second kappa shape index (κ2) is 5.17. The molecule has 0 saturated heterocycles. The van der Waals surface area contributed by atoms with E-state index >= 15 is 0 Å². The third-order valence-electron chi connectivity index (χ3n) is 2.31. The average Bonchev–Trinajstić information content (AvgIpc) is 2.18. The molecule has 0 heterocycles. The van der Waals surface area contributed by atoms with Gasteiger partial charge in [-0.15, -0.1) is 12.6 Å². The monoisotopic (exact) mass is 220 g/mol. The molecule has 0 fully saturated rings. The van der Waals surface area contributed by atoms with Crippen LogP contribution in [0.15, 0.2) is 34.7 Å². The molecule has 1 aromatic rings. The van der Waals surface area contributed by atoms with E-state index in [4.69, 9.17) is 0 Å². The summed E-state index contributed by atoms with van der Waals surface area (Å²) in [6, 6.07) is 7.69. The molecule has 80 valence electrons. The van der Waals surface area contributed by atoms with E-state index in [0.29, 0.717) is 0 Å². The number of allylic oxidation sites excluding steroid dienone is 2. The number of rotatable bonds is 3. The lowest BCUT2D eigenvalue weighted by molar-refractivity contribution is 0.101. The predicted molar refractivity (Wildman–Crippen MR) is 67.5 cm³/mol. The van der Waals surface area contributed by atoms with Crippen molar-refractivity contribution in [2.24, 2.45) is 0 Å². The Bertz CT molecular complexity index is 384.